The number of hydrogen-bond donors (Lipinski definition) is 2. The predicted octanol–water partition coefficient (Wildman–Crippen LogP) is 2.89. The number of para-hydroxylation sites is 1. The van der Waals surface area contributed by atoms with Gasteiger partial charge in [-0.1, -0.05) is 37.8 Å². The third-order valence-corrected chi connectivity index (χ3v) is 4.45. The summed E-state index contributed by atoms with van der Waals surface area (Å²) >= 11 is 0. The van der Waals surface area contributed by atoms with Gasteiger partial charge in [0.1, 0.15) is 12.4 Å². The van der Waals surface area contributed by atoms with Crippen molar-refractivity contribution in [2.45, 2.75) is 32.7 Å². The van der Waals surface area contributed by atoms with E-state index in [1.54, 1.807) is 6.08 Å². The first-order valence-corrected chi connectivity index (χ1v) is 8.49. The average Bonchev–Trinajstić information content (AvgIpc) is 2.59. The number of rotatable bonds is 8. The van der Waals surface area contributed by atoms with E-state index >= 15 is 0 Å². The van der Waals surface area contributed by atoms with Gasteiger partial charge in [0.2, 0.25) is 5.91 Å². The molecule has 4 nitrogen and oxygen atoms in total. The molecule has 1 fully saturated rings. The van der Waals surface area contributed by atoms with Crippen LogP contribution >= 0.6 is 0 Å². The van der Waals surface area contributed by atoms with Crippen LogP contribution in [-0.4, -0.2) is 25.6 Å². The lowest BCUT2D eigenvalue weighted by molar-refractivity contribution is -0.122. The molecule has 1 saturated heterocycles. The van der Waals surface area contributed by atoms with Crippen LogP contribution in [0.4, 0.5) is 0 Å². The van der Waals surface area contributed by atoms with Crippen LogP contribution in [0.1, 0.15) is 31.7 Å². The van der Waals surface area contributed by atoms with Crippen molar-refractivity contribution >= 4 is 5.91 Å². The molecule has 1 aliphatic rings. The van der Waals surface area contributed by atoms with Crippen molar-refractivity contribution in [3.63, 3.8) is 0 Å². The van der Waals surface area contributed by atoms with Crippen LogP contribution < -0.4 is 15.4 Å². The Kier molecular flexibility index (Phi) is 7.14. The van der Waals surface area contributed by atoms with E-state index in [-0.39, 0.29) is 5.91 Å². The fourth-order valence-electron chi connectivity index (χ4n) is 3.03. The summed E-state index contributed by atoms with van der Waals surface area (Å²) < 4.78 is 5.62. The Bertz CT molecular complexity index is 510. The number of carbonyl (C=O) groups is 1. The van der Waals surface area contributed by atoms with Crippen molar-refractivity contribution < 1.29 is 9.53 Å². The van der Waals surface area contributed by atoms with E-state index in [1.165, 1.54) is 12.8 Å². The lowest BCUT2D eigenvalue weighted by Crippen LogP contribution is -2.35. The summed E-state index contributed by atoms with van der Waals surface area (Å²) in [7, 11) is 0. The molecule has 2 atom stereocenters. The first kappa shape index (κ1) is 17.5. The first-order valence-electron chi connectivity index (χ1n) is 8.49. The normalized spacial score (nSPS) is 18.9. The van der Waals surface area contributed by atoms with E-state index in [9.17, 15) is 4.79 Å². The number of hydrogen-bond acceptors (Lipinski definition) is 3. The Balaban J connectivity index is 1.80. The van der Waals surface area contributed by atoms with Crippen LogP contribution in [0.3, 0.4) is 0 Å². The van der Waals surface area contributed by atoms with Gasteiger partial charge in [0.05, 0.1) is 0 Å². The van der Waals surface area contributed by atoms with Gasteiger partial charge in [-0.3, -0.25) is 4.79 Å². The second-order valence-corrected chi connectivity index (χ2v) is 6.27. The number of nitrogens with one attached hydrogen (secondary N) is 2. The summed E-state index contributed by atoms with van der Waals surface area (Å²) in [6, 6.07) is 7.79. The molecular formula is C19H28N2O2. The highest BCUT2D eigenvalue weighted by molar-refractivity contribution is 5.76. The highest BCUT2D eigenvalue weighted by Gasteiger charge is 2.21. The van der Waals surface area contributed by atoms with E-state index in [4.69, 9.17) is 4.74 Å². The highest BCUT2D eigenvalue weighted by Crippen LogP contribution is 2.22. The lowest BCUT2D eigenvalue weighted by atomic mass is 9.85. The van der Waals surface area contributed by atoms with Crippen LogP contribution in [0.5, 0.6) is 5.75 Å². The van der Waals surface area contributed by atoms with Gasteiger partial charge in [-0.05, 0) is 43.8 Å². The Morgan fingerprint density at radius 2 is 2.35 bits per heavy atom. The van der Waals surface area contributed by atoms with Crippen LogP contribution in [-0.2, 0) is 11.3 Å². The van der Waals surface area contributed by atoms with Crippen LogP contribution in [0, 0.1) is 11.8 Å². The second-order valence-electron chi connectivity index (χ2n) is 6.27. The molecule has 1 aliphatic heterocycles. The minimum atomic E-state index is 0.113. The molecule has 0 aromatic heterocycles. The number of amides is 1. The van der Waals surface area contributed by atoms with Crippen molar-refractivity contribution in [2.75, 3.05) is 19.7 Å². The summed E-state index contributed by atoms with van der Waals surface area (Å²) in [4.78, 5) is 12.2. The molecule has 0 spiro atoms. The number of ether oxygens (including phenoxy) is 1. The highest BCUT2D eigenvalue weighted by atomic mass is 16.5. The van der Waals surface area contributed by atoms with Crippen LogP contribution in [0.15, 0.2) is 36.9 Å². The monoisotopic (exact) mass is 316 g/mol. The Morgan fingerprint density at radius 3 is 3.09 bits per heavy atom. The topological polar surface area (TPSA) is 50.4 Å². The maximum atomic E-state index is 12.2. The Labute approximate surface area is 139 Å². The molecule has 23 heavy (non-hydrogen) atoms. The van der Waals surface area contributed by atoms with E-state index in [2.05, 4.69) is 24.1 Å². The summed E-state index contributed by atoms with van der Waals surface area (Å²) in [5, 5.41) is 6.44. The van der Waals surface area contributed by atoms with E-state index in [0.717, 1.165) is 24.4 Å². The molecule has 0 saturated carbocycles. The molecule has 0 radical (unpaired) electrons. The predicted molar refractivity (Wildman–Crippen MR) is 93.4 cm³/mol. The van der Waals surface area contributed by atoms with Crippen molar-refractivity contribution in [1.29, 1.82) is 0 Å². The van der Waals surface area contributed by atoms with E-state index in [1.807, 2.05) is 24.3 Å². The third kappa shape index (κ3) is 5.71. The SMILES string of the molecule is C=CCOc1ccccc1CNC(=O)CC(C)C1CCCNC1. The summed E-state index contributed by atoms with van der Waals surface area (Å²) in [6.07, 6.45) is 4.74. The van der Waals surface area contributed by atoms with Gasteiger partial charge in [-0.25, -0.2) is 0 Å². The quantitative estimate of drug-likeness (QED) is 0.725. The van der Waals surface area contributed by atoms with Crippen molar-refractivity contribution in [1.82, 2.24) is 10.6 Å². The van der Waals surface area contributed by atoms with Crippen molar-refractivity contribution in [2.24, 2.45) is 11.8 Å². The zero-order chi connectivity index (χ0) is 16.5. The minimum absolute atomic E-state index is 0.113. The molecule has 0 bridgehead atoms. The molecule has 1 amide bonds. The summed E-state index contributed by atoms with van der Waals surface area (Å²) in [5.41, 5.74) is 0.995. The molecule has 1 aromatic carbocycles. The van der Waals surface area contributed by atoms with Gasteiger partial charge in [0, 0.05) is 18.5 Å². The molecule has 1 aromatic rings. The standard InChI is InChI=1S/C19H28N2O2/c1-3-11-23-18-9-5-4-7-17(18)14-21-19(22)12-15(2)16-8-6-10-20-13-16/h3-5,7,9,15-16,20H,1,6,8,10-14H2,2H3,(H,21,22). The van der Waals surface area contributed by atoms with Gasteiger partial charge in [0.25, 0.3) is 0 Å². The smallest absolute Gasteiger partial charge is 0.220 e. The Morgan fingerprint density at radius 1 is 1.52 bits per heavy atom. The van der Waals surface area contributed by atoms with Gasteiger partial charge in [-0.15, -0.1) is 0 Å². The molecule has 0 aliphatic carbocycles. The Hall–Kier alpha value is -1.81. The van der Waals surface area contributed by atoms with Crippen molar-refractivity contribution in [3.8, 4) is 5.75 Å². The number of carbonyl (C=O) groups excluding carboxylic acids is 1. The van der Waals surface area contributed by atoms with Crippen LogP contribution in [0.25, 0.3) is 0 Å². The van der Waals surface area contributed by atoms with Crippen LogP contribution in [0.2, 0.25) is 0 Å². The van der Waals surface area contributed by atoms with Gasteiger partial charge in [0.15, 0.2) is 0 Å². The van der Waals surface area contributed by atoms with Gasteiger partial charge < -0.3 is 15.4 Å². The minimum Gasteiger partial charge on any atom is -0.489 e. The first-order chi connectivity index (χ1) is 11.2. The third-order valence-electron chi connectivity index (χ3n) is 4.45. The molecule has 2 unspecified atom stereocenters. The largest absolute Gasteiger partial charge is 0.489 e. The molecule has 126 valence electrons. The zero-order valence-electron chi connectivity index (χ0n) is 14.0. The molecule has 4 heteroatoms. The molecule has 2 rings (SSSR count). The van der Waals surface area contributed by atoms with Gasteiger partial charge in [-0.2, -0.15) is 0 Å². The fraction of sp³-hybridized carbons (Fsp3) is 0.526. The maximum Gasteiger partial charge on any atom is 0.220 e. The van der Waals surface area contributed by atoms with Gasteiger partial charge >= 0.3 is 0 Å². The maximum absolute atomic E-state index is 12.2. The number of benzene rings is 1. The summed E-state index contributed by atoms with van der Waals surface area (Å²) in [6.45, 7) is 8.95. The number of piperidine rings is 1. The lowest BCUT2D eigenvalue weighted by Gasteiger charge is -2.28. The second kappa shape index (κ2) is 9.36. The average molecular weight is 316 g/mol. The van der Waals surface area contributed by atoms with E-state index in [0.29, 0.717) is 31.4 Å². The summed E-state index contributed by atoms with van der Waals surface area (Å²) in [5.74, 6) is 1.94. The van der Waals surface area contributed by atoms with Crippen molar-refractivity contribution in [3.05, 3.63) is 42.5 Å². The fourth-order valence-corrected chi connectivity index (χ4v) is 3.03. The zero-order valence-corrected chi connectivity index (χ0v) is 14.0. The molecule has 1 heterocycles. The molecule has 2 N–H and O–H groups in total. The molecular weight excluding hydrogens is 288 g/mol. The van der Waals surface area contributed by atoms with E-state index < -0.39 is 0 Å².